The monoisotopic (exact) mass is 529 g/mol. The number of carbonyl (C=O) groups excluding carboxylic acids is 1. The predicted octanol–water partition coefficient (Wildman–Crippen LogP) is 5.07. The van der Waals surface area contributed by atoms with Gasteiger partial charge in [-0.15, -0.1) is 0 Å². The van der Waals surface area contributed by atoms with Gasteiger partial charge in [-0.2, -0.15) is 0 Å². The molecule has 0 radical (unpaired) electrons. The number of methoxy groups -OCH3 is 1. The van der Waals surface area contributed by atoms with E-state index in [4.69, 9.17) is 10.2 Å². The number of hydrogen-bond donors (Lipinski definition) is 2. The number of carbonyl (C=O) groups is 1. The molecular formula is C30H35N7O2. The van der Waals surface area contributed by atoms with Crippen molar-refractivity contribution >= 4 is 39.8 Å². The second kappa shape index (κ2) is 12.3. The number of nitrogens with one attached hydrogen (secondary N) is 2. The lowest BCUT2D eigenvalue weighted by Gasteiger charge is -2.26. The number of anilines is 4. The lowest BCUT2D eigenvalue weighted by atomic mass is 10.1. The van der Waals surface area contributed by atoms with Gasteiger partial charge < -0.3 is 29.7 Å². The van der Waals surface area contributed by atoms with Crippen LogP contribution in [0.2, 0.25) is 0 Å². The highest BCUT2D eigenvalue weighted by Gasteiger charge is 2.17. The molecule has 0 aliphatic carbocycles. The molecule has 9 heteroatoms. The van der Waals surface area contributed by atoms with E-state index in [0.29, 0.717) is 45.8 Å². The Labute approximate surface area is 235 Å². The van der Waals surface area contributed by atoms with E-state index in [2.05, 4.69) is 32.1 Å². The minimum absolute atomic E-state index is 0.116. The van der Waals surface area contributed by atoms with E-state index in [1.165, 1.54) is 12.2 Å². The molecule has 4 aromatic rings. The molecule has 2 aromatic heterocycles. The van der Waals surface area contributed by atoms with Crippen molar-refractivity contribution in [3.05, 3.63) is 79.6 Å². The van der Waals surface area contributed by atoms with Gasteiger partial charge in [0.2, 0.25) is 11.9 Å². The summed E-state index contributed by atoms with van der Waals surface area (Å²) in [5, 5.41) is 6.50. The second-order valence-corrected chi connectivity index (χ2v) is 9.15. The van der Waals surface area contributed by atoms with Gasteiger partial charge in [0.15, 0.2) is 0 Å². The van der Waals surface area contributed by atoms with Crippen molar-refractivity contribution in [2.75, 3.05) is 56.9 Å². The zero-order valence-electron chi connectivity index (χ0n) is 26.8. The number of ether oxygens (including phenoxy) is 1. The van der Waals surface area contributed by atoms with Crippen LogP contribution in [0.4, 0.5) is 23.0 Å². The first-order valence-corrected chi connectivity index (χ1v) is 12.3. The van der Waals surface area contributed by atoms with Gasteiger partial charge in [-0.25, -0.2) is 9.97 Å². The van der Waals surface area contributed by atoms with Gasteiger partial charge in [-0.1, -0.05) is 36.9 Å². The predicted molar refractivity (Wildman–Crippen MR) is 160 cm³/mol. The Bertz CT molecular complexity index is 1720. The maximum absolute atomic E-state index is 12.6. The van der Waals surface area contributed by atoms with Crippen molar-refractivity contribution in [1.29, 1.82) is 0 Å². The fourth-order valence-electron chi connectivity index (χ4n) is 4.02. The molecule has 1 amide bonds. The second-order valence-electron chi connectivity index (χ2n) is 9.15. The number of nitrogens with zero attached hydrogens (tertiary/aromatic N) is 5. The van der Waals surface area contributed by atoms with Crippen molar-refractivity contribution in [2.24, 2.45) is 7.05 Å². The summed E-state index contributed by atoms with van der Waals surface area (Å²) >= 11 is 0. The van der Waals surface area contributed by atoms with Gasteiger partial charge in [-0.3, -0.25) is 4.79 Å². The molecule has 2 N–H and O–H groups in total. The third-order valence-corrected chi connectivity index (χ3v) is 6.04. The van der Waals surface area contributed by atoms with E-state index in [9.17, 15) is 4.79 Å². The highest BCUT2D eigenvalue weighted by Crippen LogP contribution is 2.38. The summed E-state index contributed by atoms with van der Waals surface area (Å²) in [6, 6.07) is 4.41. The normalized spacial score (nSPS) is 12.7. The van der Waals surface area contributed by atoms with Gasteiger partial charge in [0.05, 0.1) is 35.3 Å². The van der Waals surface area contributed by atoms with E-state index >= 15 is 0 Å². The summed E-state index contributed by atoms with van der Waals surface area (Å²) in [6.45, 7) is 5.11. The minimum Gasteiger partial charge on any atom is -0.494 e. The van der Waals surface area contributed by atoms with Gasteiger partial charge in [-0.05, 0) is 32.3 Å². The number of benzene rings is 2. The molecule has 0 aliphatic heterocycles. The Morgan fingerprint density at radius 2 is 2.00 bits per heavy atom. The zero-order chi connectivity index (χ0) is 31.4. The van der Waals surface area contributed by atoms with Crippen LogP contribution in [0, 0.1) is 0 Å². The molecule has 9 nitrogen and oxygen atoms in total. The van der Waals surface area contributed by atoms with Crippen LogP contribution >= 0.6 is 0 Å². The fourth-order valence-corrected chi connectivity index (χ4v) is 4.02. The Morgan fingerprint density at radius 3 is 2.74 bits per heavy atom. The smallest absolute Gasteiger partial charge is 0.248 e. The number of likely N-dealkylation sites (N-methyl/N-ethyl adjacent to an activating group) is 2. The summed E-state index contributed by atoms with van der Waals surface area (Å²) in [4.78, 5) is 25.8. The lowest BCUT2D eigenvalue weighted by Crippen LogP contribution is -2.29. The molecule has 0 fully saturated rings. The molecule has 2 aromatic carbocycles. The fraction of sp³-hybridized carbons (Fsp3) is 0.233. The Morgan fingerprint density at radius 1 is 1.21 bits per heavy atom. The molecule has 2 heterocycles. The largest absolute Gasteiger partial charge is 0.494 e. The average molecular weight is 530 g/mol. The van der Waals surface area contributed by atoms with Crippen LogP contribution in [0.5, 0.6) is 5.75 Å². The van der Waals surface area contributed by atoms with Crippen molar-refractivity contribution in [1.82, 2.24) is 19.4 Å². The van der Waals surface area contributed by atoms with Crippen LogP contribution in [-0.2, 0) is 11.8 Å². The van der Waals surface area contributed by atoms with Crippen LogP contribution in [-0.4, -0.2) is 66.7 Å². The first-order valence-electron chi connectivity index (χ1n) is 14.3. The molecule has 4 rings (SSSR count). The molecule has 0 saturated carbocycles. The van der Waals surface area contributed by atoms with Gasteiger partial charge in [0.1, 0.15) is 5.75 Å². The molecule has 0 spiro atoms. The van der Waals surface area contributed by atoms with Crippen LogP contribution < -0.4 is 20.3 Å². The van der Waals surface area contributed by atoms with Gasteiger partial charge >= 0.3 is 0 Å². The molecule has 0 unspecified atom stereocenters. The number of para-hydroxylation sites is 1. The molecule has 0 aliphatic rings. The first kappa shape index (κ1) is 22.4. The number of aryl methyl sites for hydroxylation is 1. The van der Waals surface area contributed by atoms with E-state index in [1.807, 2.05) is 32.1 Å². The standard InChI is InChI=1S/C30H35N7O2/c1-7-8-13-29(38)32-24-18-25(28(39-6)19-27(24)36(4)17-16-35(2)3)34-30-31-15-14-23(33-30)22-20-37(5)26-12-10-9-11-21(22)26/h7-15,18-20H,1,16-17H2,2-6H3,(H,32,38)(H,31,33,34)/b13-8+/i9D,10D,11D,12D. The molecular weight excluding hydrogens is 490 g/mol. The maximum Gasteiger partial charge on any atom is 0.248 e. The van der Waals surface area contributed by atoms with Crippen LogP contribution in [0.15, 0.2) is 79.6 Å². The van der Waals surface area contributed by atoms with Crippen molar-refractivity contribution < 1.29 is 15.0 Å². The number of rotatable bonds is 11. The first-order chi connectivity index (χ1) is 20.5. The average Bonchev–Trinajstić information content (AvgIpc) is 3.34. The summed E-state index contributed by atoms with van der Waals surface area (Å²) in [5.74, 6) is 0.405. The maximum atomic E-state index is 12.6. The SMILES string of the molecule is [2H]c1c([2H])c([2H])c2c(c(-c3ccnc(Nc4cc(NC(=O)/C=C/C=C)c(N(C)CCN(C)C)cc4OC)n3)cn2C)c1[2H]. The van der Waals surface area contributed by atoms with Crippen molar-refractivity contribution in [3.63, 3.8) is 0 Å². The number of fused-ring (bicyclic) bond motifs is 1. The third kappa shape index (κ3) is 6.45. The van der Waals surface area contributed by atoms with E-state index < -0.39 is 0 Å². The Hall–Kier alpha value is -4.63. The Kier molecular flexibility index (Phi) is 7.04. The summed E-state index contributed by atoms with van der Waals surface area (Å²) in [6.07, 6.45) is 7.76. The number of amides is 1. The van der Waals surface area contributed by atoms with Crippen LogP contribution in [0.1, 0.15) is 5.48 Å². The zero-order valence-corrected chi connectivity index (χ0v) is 22.8. The van der Waals surface area contributed by atoms with Crippen LogP contribution in [0.25, 0.3) is 22.2 Å². The van der Waals surface area contributed by atoms with E-state index in [0.717, 1.165) is 12.2 Å². The molecule has 0 saturated heterocycles. The van der Waals surface area contributed by atoms with E-state index in [-0.39, 0.29) is 36.0 Å². The van der Waals surface area contributed by atoms with E-state index in [1.54, 1.807) is 49.3 Å². The third-order valence-electron chi connectivity index (χ3n) is 6.04. The number of allylic oxidation sites excluding steroid dienone is 2. The summed E-state index contributed by atoms with van der Waals surface area (Å²) in [7, 11) is 9.20. The molecule has 39 heavy (non-hydrogen) atoms. The molecule has 0 bridgehead atoms. The topological polar surface area (TPSA) is 87.6 Å². The number of hydrogen-bond acceptors (Lipinski definition) is 7. The van der Waals surface area contributed by atoms with Gasteiger partial charge in [0.25, 0.3) is 0 Å². The highest BCUT2D eigenvalue weighted by molar-refractivity contribution is 6.02. The van der Waals surface area contributed by atoms with Crippen LogP contribution in [0.3, 0.4) is 0 Å². The quantitative estimate of drug-likeness (QED) is 0.207. The van der Waals surface area contributed by atoms with Gasteiger partial charge in [0, 0.05) is 68.2 Å². The number of aromatic nitrogens is 3. The lowest BCUT2D eigenvalue weighted by molar-refractivity contribution is -0.111. The van der Waals surface area contributed by atoms with Crippen molar-refractivity contribution in [2.45, 2.75) is 0 Å². The molecule has 0 atom stereocenters. The molecule has 202 valence electrons. The highest BCUT2D eigenvalue weighted by atomic mass is 16.5. The minimum atomic E-state index is -0.322. The summed E-state index contributed by atoms with van der Waals surface area (Å²) in [5.41, 5.74) is 3.20. The van der Waals surface area contributed by atoms with Crippen molar-refractivity contribution in [3.8, 4) is 17.0 Å². The Balaban J connectivity index is 1.77. The summed E-state index contributed by atoms with van der Waals surface area (Å²) < 4.78 is 40.5.